The van der Waals surface area contributed by atoms with Crippen molar-refractivity contribution in [2.24, 2.45) is 5.18 Å². The number of carbonyl (C=O) groups is 2. The molecule has 1 unspecified atom stereocenters. The zero-order valence-corrected chi connectivity index (χ0v) is 8.83. The highest BCUT2D eigenvalue weighted by molar-refractivity contribution is 5.88. The van der Waals surface area contributed by atoms with Crippen molar-refractivity contribution in [2.45, 2.75) is 32.3 Å². The van der Waals surface area contributed by atoms with E-state index in [-0.39, 0.29) is 12.0 Å². The van der Waals surface area contributed by atoms with Gasteiger partial charge in [0.2, 0.25) is 0 Å². The molecular weight excluding hydrogens is 224 g/mol. The summed E-state index contributed by atoms with van der Waals surface area (Å²) < 4.78 is 30.7. The molecule has 0 aromatic heterocycles. The minimum Gasteiger partial charge on any atom is -0.452 e. The molecule has 7 heteroatoms. The largest absolute Gasteiger partial charge is 0.452 e. The number of nitroso groups, excluding NO2 is 1. The highest BCUT2D eigenvalue weighted by Crippen LogP contribution is 2.26. The lowest BCUT2D eigenvalue weighted by atomic mass is 10.1. The van der Waals surface area contributed by atoms with E-state index in [0.717, 1.165) is 0 Å². The van der Waals surface area contributed by atoms with Gasteiger partial charge in [-0.3, -0.25) is 4.79 Å². The predicted molar refractivity (Wildman–Crippen MR) is 50.7 cm³/mol. The number of ether oxygens (including phenoxy) is 1. The highest BCUT2D eigenvalue weighted by Gasteiger charge is 2.50. The van der Waals surface area contributed by atoms with Crippen molar-refractivity contribution in [1.82, 2.24) is 0 Å². The van der Waals surface area contributed by atoms with Crippen LogP contribution in [0.15, 0.2) is 17.3 Å². The lowest BCUT2D eigenvalue weighted by Crippen LogP contribution is -2.43. The molecule has 0 bridgehead atoms. The topological polar surface area (TPSA) is 72.8 Å². The number of alkyl halides is 2. The van der Waals surface area contributed by atoms with Gasteiger partial charge in [0.25, 0.3) is 0 Å². The third-order valence-electron chi connectivity index (χ3n) is 1.74. The van der Waals surface area contributed by atoms with E-state index in [4.69, 9.17) is 0 Å². The second-order valence-electron chi connectivity index (χ2n) is 3.10. The van der Waals surface area contributed by atoms with Gasteiger partial charge < -0.3 is 4.74 Å². The van der Waals surface area contributed by atoms with Gasteiger partial charge in [-0.15, -0.1) is 4.91 Å². The van der Waals surface area contributed by atoms with Gasteiger partial charge in [0.1, 0.15) is 0 Å². The second-order valence-corrected chi connectivity index (χ2v) is 3.10. The molecule has 0 aliphatic carbocycles. The third kappa shape index (κ3) is 3.18. The summed E-state index contributed by atoms with van der Waals surface area (Å²) in [6.07, 6.45) is -2.34. The molecule has 5 nitrogen and oxygen atoms in total. The molecule has 0 spiro atoms. The van der Waals surface area contributed by atoms with Gasteiger partial charge >= 0.3 is 17.8 Å². The van der Waals surface area contributed by atoms with E-state index in [2.05, 4.69) is 11.3 Å². The fourth-order valence-electron chi connectivity index (χ4n) is 0.842. The zero-order chi connectivity index (χ0) is 12.9. The second kappa shape index (κ2) is 5.43. The molecule has 0 rings (SSSR count). The summed E-state index contributed by atoms with van der Waals surface area (Å²) >= 11 is 0. The van der Waals surface area contributed by atoms with E-state index in [0.29, 0.717) is 0 Å². The first-order valence-corrected chi connectivity index (χ1v) is 4.39. The number of rotatable bonds is 5. The average Bonchev–Trinajstić information content (AvgIpc) is 2.23. The summed E-state index contributed by atoms with van der Waals surface area (Å²) in [7, 11) is 0. The van der Waals surface area contributed by atoms with Crippen LogP contribution in [0.2, 0.25) is 0 Å². The van der Waals surface area contributed by atoms with Crippen molar-refractivity contribution in [3.63, 3.8) is 0 Å². The molecule has 0 heterocycles. The summed E-state index contributed by atoms with van der Waals surface area (Å²) in [5, 5.41) is 1.63. The summed E-state index contributed by atoms with van der Waals surface area (Å²) in [6.45, 7) is 5.75. The first kappa shape index (κ1) is 14.3. The highest BCUT2D eigenvalue weighted by atomic mass is 19.3. The van der Waals surface area contributed by atoms with Gasteiger partial charge in [-0.2, -0.15) is 8.78 Å². The number of halogens is 2. The third-order valence-corrected chi connectivity index (χ3v) is 1.74. The molecule has 1 amide bonds. The molecule has 0 aliphatic heterocycles. The molecule has 0 fully saturated rings. The van der Waals surface area contributed by atoms with E-state index in [1.54, 1.807) is 5.18 Å². The van der Waals surface area contributed by atoms with Crippen molar-refractivity contribution in [1.29, 1.82) is 0 Å². The smallest absolute Gasteiger partial charge is 0.366 e. The number of carbonyl (C=O) groups excluding carboxylic acids is 2. The van der Waals surface area contributed by atoms with E-state index in [1.165, 1.54) is 13.8 Å². The predicted octanol–water partition coefficient (Wildman–Crippen LogP) is 1.81. The number of nitrogens with zero attached hydrogens (tertiary/aromatic N) is 1. The van der Waals surface area contributed by atoms with Crippen LogP contribution in [0.3, 0.4) is 0 Å². The van der Waals surface area contributed by atoms with Crippen LogP contribution in [0.4, 0.5) is 8.78 Å². The fourth-order valence-corrected chi connectivity index (χ4v) is 0.842. The SMILES string of the molecule is C=C(C)C(=O)OC(CC)C(F)(F)C(=O)N=O. The summed E-state index contributed by atoms with van der Waals surface area (Å²) in [6, 6.07) is 0. The van der Waals surface area contributed by atoms with Gasteiger partial charge in [-0.25, -0.2) is 4.79 Å². The first-order valence-electron chi connectivity index (χ1n) is 4.39. The normalized spacial score (nSPS) is 12.8. The lowest BCUT2D eigenvalue weighted by Gasteiger charge is -2.22. The molecule has 0 aliphatic rings. The van der Waals surface area contributed by atoms with Crippen molar-refractivity contribution >= 4 is 11.9 Å². The monoisotopic (exact) mass is 235 g/mol. The Bertz CT molecular complexity index is 327. The van der Waals surface area contributed by atoms with Gasteiger partial charge in [0.15, 0.2) is 6.10 Å². The molecule has 90 valence electrons. The van der Waals surface area contributed by atoms with Gasteiger partial charge in [0, 0.05) is 10.7 Å². The Morgan fingerprint density at radius 1 is 1.50 bits per heavy atom. The standard InChI is InChI=1S/C9H11F2NO4/c1-4-6(16-7(13)5(2)3)9(10,11)8(14)12-15/h6H,2,4H2,1,3H3. The van der Waals surface area contributed by atoms with Gasteiger partial charge in [-0.05, 0) is 13.3 Å². The molecular formula is C9H11F2NO4. The van der Waals surface area contributed by atoms with Crippen LogP contribution >= 0.6 is 0 Å². The van der Waals surface area contributed by atoms with Crippen molar-refractivity contribution in [3.05, 3.63) is 17.1 Å². The van der Waals surface area contributed by atoms with E-state index in [1.807, 2.05) is 0 Å². The molecule has 0 aromatic rings. The van der Waals surface area contributed by atoms with Crippen LogP contribution < -0.4 is 0 Å². The maximum Gasteiger partial charge on any atom is 0.366 e. The van der Waals surface area contributed by atoms with Crippen molar-refractivity contribution < 1.29 is 23.1 Å². The molecule has 1 atom stereocenters. The minimum absolute atomic E-state index is 0.0826. The zero-order valence-electron chi connectivity index (χ0n) is 8.83. The Morgan fingerprint density at radius 2 is 2.00 bits per heavy atom. The van der Waals surface area contributed by atoms with Crippen LogP contribution in [0.1, 0.15) is 20.3 Å². The molecule has 0 saturated heterocycles. The Kier molecular flexibility index (Phi) is 4.87. The first-order chi connectivity index (χ1) is 7.27. The Balaban J connectivity index is 4.86. The maximum absolute atomic E-state index is 13.2. The molecule has 0 saturated carbocycles. The maximum atomic E-state index is 13.2. The lowest BCUT2D eigenvalue weighted by molar-refractivity contribution is -0.177. The number of amides is 1. The van der Waals surface area contributed by atoms with E-state index < -0.39 is 23.9 Å². The van der Waals surface area contributed by atoms with Crippen LogP contribution in [-0.4, -0.2) is 23.9 Å². The van der Waals surface area contributed by atoms with E-state index >= 15 is 0 Å². The van der Waals surface area contributed by atoms with Gasteiger partial charge in [-0.1, -0.05) is 13.5 Å². The quantitative estimate of drug-likeness (QED) is 0.414. The number of hydrogen-bond donors (Lipinski definition) is 0. The number of hydrogen-bond acceptors (Lipinski definition) is 4. The summed E-state index contributed by atoms with van der Waals surface area (Å²) in [5.74, 6) is -7.32. The Labute approximate surface area is 90.4 Å². The number of esters is 1. The summed E-state index contributed by atoms with van der Waals surface area (Å²) in [4.78, 5) is 31.3. The Hall–Kier alpha value is -1.66. The van der Waals surface area contributed by atoms with E-state index in [9.17, 15) is 23.3 Å². The minimum atomic E-state index is -4.11. The Morgan fingerprint density at radius 3 is 2.31 bits per heavy atom. The van der Waals surface area contributed by atoms with Crippen LogP contribution in [-0.2, 0) is 14.3 Å². The van der Waals surface area contributed by atoms with Crippen LogP contribution in [0.5, 0.6) is 0 Å². The van der Waals surface area contributed by atoms with Crippen molar-refractivity contribution in [3.8, 4) is 0 Å². The summed E-state index contributed by atoms with van der Waals surface area (Å²) in [5.41, 5.74) is -0.0826. The van der Waals surface area contributed by atoms with Crippen molar-refractivity contribution in [2.75, 3.05) is 0 Å². The molecule has 16 heavy (non-hydrogen) atoms. The van der Waals surface area contributed by atoms with Crippen LogP contribution in [0.25, 0.3) is 0 Å². The fraction of sp³-hybridized carbons (Fsp3) is 0.556. The molecule has 0 aromatic carbocycles. The average molecular weight is 235 g/mol. The molecule has 0 radical (unpaired) electrons. The van der Waals surface area contributed by atoms with Crippen LogP contribution in [0, 0.1) is 4.91 Å². The molecule has 0 N–H and O–H groups in total. The van der Waals surface area contributed by atoms with Gasteiger partial charge in [0.05, 0.1) is 0 Å².